The second-order valence-electron chi connectivity index (χ2n) is 12.4. The van der Waals surface area contributed by atoms with E-state index < -0.39 is 27.0 Å². The number of aryl methyl sites for hydroxylation is 2. The van der Waals surface area contributed by atoms with Gasteiger partial charge in [0, 0.05) is 31.7 Å². The number of pyridine rings is 2. The van der Waals surface area contributed by atoms with Crippen molar-refractivity contribution in [2.24, 2.45) is 0 Å². The van der Waals surface area contributed by atoms with Crippen LogP contribution in [0.15, 0.2) is 83.5 Å². The van der Waals surface area contributed by atoms with Gasteiger partial charge in [-0.15, -0.1) is 18.2 Å². The van der Waals surface area contributed by atoms with Gasteiger partial charge >= 0.3 is 121 Å². The van der Waals surface area contributed by atoms with E-state index in [9.17, 15) is 4.39 Å². The molecule has 0 unspecified atom stereocenters. The van der Waals surface area contributed by atoms with Gasteiger partial charge < -0.3 is 9.40 Å². The van der Waals surface area contributed by atoms with Crippen molar-refractivity contribution in [1.29, 1.82) is 0 Å². The summed E-state index contributed by atoms with van der Waals surface area (Å²) in [7, 11) is 0. The molecule has 43 heavy (non-hydrogen) atoms. The molecular weight excluding hydrogens is 772 g/mol. The van der Waals surface area contributed by atoms with Crippen molar-refractivity contribution in [2.45, 2.75) is 57.2 Å². The third-order valence-electron chi connectivity index (χ3n) is 7.08. The Labute approximate surface area is 279 Å². The van der Waals surface area contributed by atoms with Crippen molar-refractivity contribution in [1.82, 2.24) is 9.97 Å². The second kappa shape index (κ2) is 12.9. The molecular formula is C37H37FGeIrN2O-2. The van der Waals surface area contributed by atoms with E-state index in [0.29, 0.717) is 28.0 Å². The van der Waals surface area contributed by atoms with Crippen LogP contribution in [0.4, 0.5) is 4.39 Å². The first-order chi connectivity index (χ1) is 22.2. The Morgan fingerprint density at radius 3 is 2.37 bits per heavy atom. The fourth-order valence-corrected chi connectivity index (χ4v) is 7.52. The van der Waals surface area contributed by atoms with Crippen LogP contribution in [0.3, 0.4) is 0 Å². The third kappa shape index (κ3) is 7.34. The molecule has 6 aromatic rings. The molecule has 0 spiro atoms. The van der Waals surface area contributed by atoms with Gasteiger partial charge in [-0.1, -0.05) is 37.8 Å². The first-order valence-electron chi connectivity index (χ1n) is 16.8. The van der Waals surface area contributed by atoms with Crippen molar-refractivity contribution < 1.29 is 37.1 Å². The van der Waals surface area contributed by atoms with E-state index in [2.05, 4.69) is 66.2 Å². The molecule has 3 nitrogen and oxygen atoms in total. The quantitative estimate of drug-likeness (QED) is 0.132. The zero-order valence-electron chi connectivity index (χ0n) is 31.0. The normalized spacial score (nSPS) is 14.3. The molecule has 3 aromatic carbocycles. The van der Waals surface area contributed by atoms with Crippen LogP contribution < -0.4 is 4.40 Å². The Hall–Kier alpha value is -3.12. The zero-order chi connectivity index (χ0) is 35.2. The van der Waals surface area contributed by atoms with Crippen LogP contribution in [0.2, 0.25) is 17.3 Å². The van der Waals surface area contributed by atoms with Gasteiger partial charge in [-0.2, -0.15) is 0 Å². The molecule has 3 aromatic heterocycles. The van der Waals surface area contributed by atoms with E-state index in [1.54, 1.807) is 24.4 Å². The summed E-state index contributed by atoms with van der Waals surface area (Å²) in [5, 5.41) is 1.65. The SMILES string of the molecule is CC(C)(C)c1ccnc(-c2[c-]ccc3c2oc2ccc(F)cc23)c1.[2H]C([2H])([2H])c1c[c-]c(-c2cc(C([2H])([2H])[2H])[c]([Ge]([CH3])([CH3])[CH3])cn2)cc1.[Ir]. The third-order valence-corrected chi connectivity index (χ3v) is 11.3. The van der Waals surface area contributed by atoms with E-state index in [1.165, 1.54) is 29.8 Å². The molecule has 0 saturated carbocycles. The van der Waals surface area contributed by atoms with Crippen LogP contribution in [-0.4, -0.2) is 23.2 Å². The van der Waals surface area contributed by atoms with Gasteiger partial charge in [0.15, 0.2) is 0 Å². The largest absolute Gasteiger partial charge is 0 e. The van der Waals surface area contributed by atoms with E-state index in [4.69, 9.17) is 12.6 Å². The smallest absolute Gasteiger partial charge is 0 e. The van der Waals surface area contributed by atoms with Gasteiger partial charge in [0.2, 0.25) is 0 Å². The Morgan fingerprint density at radius 2 is 1.70 bits per heavy atom. The first kappa shape index (κ1) is 25.2. The molecule has 0 saturated heterocycles. The summed E-state index contributed by atoms with van der Waals surface area (Å²) in [5.41, 5.74) is 5.81. The summed E-state index contributed by atoms with van der Waals surface area (Å²) in [6.07, 6.45) is 3.48. The number of aromatic nitrogens is 2. The average Bonchev–Trinajstić information content (AvgIpc) is 3.37. The van der Waals surface area contributed by atoms with Crippen LogP contribution >= 0.6 is 0 Å². The van der Waals surface area contributed by atoms with Crippen molar-refractivity contribution in [3.8, 4) is 22.5 Å². The fourth-order valence-electron chi connectivity index (χ4n) is 4.72. The Kier molecular flexibility index (Phi) is 7.54. The number of hydrogen-bond donors (Lipinski definition) is 0. The molecule has 1 radical (unpaired) electrons. The van der Waals surface area contributed by atoms with Crippen LogP contribution in [-0.2, 0) is 25.5 Å². The van der Waals surface area contributed by atoms with Crippen LogP contribution in [0.5, 0.6) is 0 Å². The number of fused-ring (bicyclic) bond motifs is 3. The summed E-state index contributed by atoms with van der Waals surface area (Å²) in [6, 6.07) is 24.7. The van der Waals surface area contributed by atoms with Gasteiger partial charge in [0.1, 0.15) is 11.4 Å². The molecule has 0 N–H and O–H groups in total. The number of furan rings is 1. The molecule has 0 fully saturated rings. The van der Waals surface area contributed by atoms with Crippen molar-refractivity contribution >= 4 is 39.6 Å². The molecule has 6 rings (SSSR count). The summed E-state index contributed by atoms with van der Waals surface area (Å²) < 4.78 is 66.1. The summed E-state index contributed by atoms with van der Waals surface area (Å²) in [6.45, 7) is 2.11. The maximum atomic E-state index is 13.6. The number of hydrogen-bond acceptors (Lipinski definition) is 3. The zero-order valence-corrected chi connectivity index (χ0v) is 29.5. The number of nitrogens with zero attached hydrogens (tertiary/aromatic N) is 2. The summed E-state index contributed by atoms with van der Waals surface area (Å²) in [4.78, 5) is 8.90. The average molecular weight is 816 g/mol. The van der Waals surface area contributed by atoms with E-state index in [0.717, 1.165) is 26.4 Å². The molecule has 0 amide bonds. The molecule has 0 atom stereocenters. The number of halogens is 1. The Balaban J connectivity index is 0.000000216. The van der Waals surface area contributed by atoms with Gasteiger partial charge in [-0.3, -0.25) is 0 Å². The molecule has 0 aliphatic rings. The monoisotopic (exact) mass is 817 g/mol. The van der Waals surface area contributed by atoms with Gasteiger partial charge in [-0.25, -0.2) is 4.39 Å². The van der Waals surface area contributed by atoms with E-state index >= 15 is 0 Å². The topological polar surface area (TPSA) is 38.9 Å². The molecule has 0 aliphatic heterocycles. The van der Waals surface area contributed by atoms with E-state index in [-0.39, 0.29) is 36.9 Å². The van der Waals surface area contributed by atoms with Crippen molar-refractivity contribution in [3.63, 3.8) is 0 Å². The maximum absolute atomic E-state index is 13.6. The molecule has 6 heteroatoms. The second-order valence-corrected chi connectivity index (χ2v) is 22.9. The van der Waals surface area contributed by atoms with Gasteiger partial charge in [0.25, 0.3) is 0 Å². The van der Waals surface area contributed by atoms with Crippen molar-refractivity contribution in [3.05, 3.63) is 114 Å². The molecule has 3 heterocycles. The summed E-state index contributed by atoms with van der Waals surface area (Å²) in [5.74, 6) is 6.11. The van der Waals surface area contributed by atoms with Crippen LogP contribution in [0.1, 0.15) is 45.7 Å². The van der Waals surface area contributed by atoms with E-state index in [1.807, 2.05) is 24.4 Å². The molecule has 0 bridgehead atoms. The predicted octanol–water partition coefficient (Wildman–Crippen LogP) is 9.59. The minimum Gasteiger partial charge on any atom is 0 e. The first-order valence-corrected chi connectivity index (χ1v) is 21.1. The summed E-state index contributed by atoms with van der Waals surface area (Å²) >= 11 is -2.38. The van der Waals surface area contributed by atoms with Crippen molar-refractivity contribution in [2.75, 3.05) is 0 Å². The molecule has 223 valence electrons. The van der Waals surface area contributed by atoms with Gasteiger partial charge in [-0.05, 0) is 40.9 Å². The predicted molar refractivity (Wildman–Crippen MR) is 175 cm³/mol. The minimum atomic E-state index is -2.38. The molecule has 0 aliphatic carbocycles. The number of rotatable bonds is 3. The van der Waals surface area contributed by atoms with Crippen LogP contribution in [0.25, 0.3) is 44.5 Å². The standard InChI is InChI=1S/C21H17FNO.C16H20GeN.Ir/c1-21(2,3)13-9-10-23-18(11-13)16-6-4-5-15-17-12-14(22)7-8-19(17)24-20(15)16;1-12-6-8-14(9-7-12)16-10-13(2)15(11-18-16)17(3,4)5;/h4-5,7-12H,1-3H3;6-8,10-11H,1-5H3;/q2*-1;/i;1D3,2D3;. The minimum absolute atomic E-state index is 0. The Bertz CT molecular complexity index is 2100. The van der Waals surface area contributed by atoms with Gasteiger partial charge in [0.05, 0.1) is 5.58 Å². The van der Waals surface area contributed by atoms with Crippen LogP contribution in [0, 0.1) is 31.7 Å². The maximum Gasteiger partial charge on any atom is 0 e. The fraction of sp³-hybridized carbons (Fsp3) is 0.243. The number of benzene rings is 3. The Morgan fingerprint density at radius 1 is 0.884 bits per heavy atom.